The summed E-state index contributed by atoms with van der Waals surface area (Å²) in [6.45, 7) is 46.8. The van der Waals surface area contributed by atoms with Gasteiger partial charge in [0.2, 0.25) is 0 Å². The van der Waals surface area contributed by atoms with Crippen molar-refractivity contribution in [3.63, 3.8) is 0 Å². The van der Waals surface area contributed by atoms with Gasteiger partial charge in [-0.05, 0) is 234 Å². The molecule has 10 rings (SSSR count). The number of pyridine rings is 2. The van der Waals surface area contributed by atoms with Crippen molar-refractivity contribution in [1.29, 1.82) is 0 Å². The average molecular weight is 2460 g/mol. The summed E-state index contributed by atoms with van der Waals surface area (Å²) in [7, 11) is -34.7. The SMILES string of the molecule is Br.CC(C)(C)c1ccc([I+]c2ccc(C(C)(C)C)cc2)cc1.CC(C)(C)c1ccc([I+]c2ccc(C(C)(C)C)cc2)cc1.C[Si](C)(C)c1ccccc1[I+]c1ccccc1.Cc1cc(C)c(I)c(C)n1.Cc1cc(C)nc(C)c1.F[P-](F)(F)(F)(F)F.F[P-](F)(F)(F)(F)F.O=S(=O)([O-])C(F)(F)F.O=S(=O)([O-])C(F)(F)F.c1ccc([I+]c2ccccc2)cc1. The van der Waals surface area contributed by atoms with Gasteiger partial charge in [-0.25, -0.2) is 16.8 Å². The van der Waals surface area contributed by atoms with Crippen molar-refractivity contribution in [2.24, 2.45) is 0 Å². The number of aryl methyl sites for hydroxylation is 6. The van der Waals surface area contributed by atoms with Crippen LogP contribution in [0, 0.1) is 73.7 Å². The van der Waals surface area contributed by atoms with E-state index in [0.29, 0.717) is 0 Å². The third-order valence-corrected chi connectivity index (χ3v) is 31.1. The van der Waals surface area contributed by atoms with Gasteiger partial charge in [0.1, 0.15) is 0 Å². The van der Waals surface area contributed by atoms with Crippen LogP contribution in [0.4, 0.5) is 76.7 Å². The van der Waals surface area contributed by atoms with Crippen LogP contribution in [0.2, 0.25) is 19.6 Å². The maximum absolute atomic E-state index is 10.7. The summed E-state index contributed by atoms with van der Waals surface area (Å²) in [5, 5.41) is 1.64. The summed E-state index contributed by atoms with van der Waals surface area (Å²) in [5.41, 5.74) is 2.40. The van der Waals surface area contributed by atoms with Gasteiger partial charge in [0.05, 0.1) is 13.8 Å². The Morgan fingerprint density at radius 3 is 0.746 bits per heavy atom. The molecule has 0 unspecified atom stereocenters. The van der Waals surface area contributed by atoms with Crippen molar-refractivity contribution in [3.8, 4) is 0 Å². The minimum Gasteiger partial charge on any atom is -0.741 e. The standard InChI is InChI=1S/2C20H26I.C15H18ISi.C12H10I.C8H10IN.C8H11N.2CHF3O3S.BrH.2F6P/c2*1-19(2,3)15-7-11-17(12-8-15)21-18-13-9-16(10-14-18)20(4,5)6;1-17(2,3)15-12-8-7-11-14(15)16-13-9-5-4-6-10-13;1-3-7-11(8-4-1)13-12-9-5-2-6-10-12;1-5-4-6(2)10-7(3)8(5)9;1-6-4-7(2)9-8(3)5-6;2*2-1(3,4)8(5,6)7;;2*1-7(2,3,4,5)6/h2*7-14H,1-6H3;4-12H,1-3H3;1-10H;4H,1-3H3;4-5H,1-3H3;2*(H,5,6,7);1H;;/q4*+1;;;;;;2*-1/p-2. The molecule has 122 heavy (non-hydrogen) atoms. The van der Waals surface area contributed by atoms with Crippen LogP contribution >= 0.6 is 55.2 Å². The molecule has 0 bridgehead atoms. The molecule has 8 nitrogen and oxygen atoms in total. The molecular weight excluding hydrogens is 2360 g/mol. The number of hydrogen-bond donors (Lipinski definition) is 0. The third kappa shape index (κ3) is 57.6. The molecule has 2 aromatic heterocycles. The number of hydrogen-bond acceptors (Lipinski definition) is 8. The van der Waals surface area contributed by atoms with Crippen molar-refractivity contribution in [2.45, 2.75) is 177 Å². The fourth-order valence-corrected chi connectivity index (χ4v) is 22.5. The van der Waals surface area contributed by atoms with Crippen LogP contribution in [-0.4, -0.2) is 55.0 Å². The van der Waals surface area contributed by atoms with Crippen molar-refractivity contribution >= 4 is 88.7 Å². The van der Waals surface area contributed by atoms with E-state index in [2.05, 4.69) is 380 Å². The minimum absolute atomic E-state index is 0. The maximum atomic E-state index is 10.7. The molecule has 2 heterocycles. The molecular formula is C85H102BrF18I5N2O6P2S2Si. The second kappa shape index (κ2) is 46.4. The van der Waals surface area contributed by atoms with Crippen LogP contribution < -0.4 is 90.0 Å². The van der Waals surface area contributed by atoms with Gasteiger partial charge in [-0.15, -0.1) is 17.0 Å². The fraction of sp³-hybridized carbons (Fsp3) is 0.318. The van der Waals surface area contributed by atoms with Gasteiger partial charge >= 0.3 is 162 Å². The summed E-state index contributed by atoms with van der Waals surface area (Å²) >= 11 is 2.19. The van der Waals surface area contributed by atoms with E-state index in [1.54, 1.807) is 8.76 Å². The predicted octanol–water partition coefficient (Wildman–Crippen LogP) is 17.1. The molecule has 0 radical (unpaired) electrons. The van der Waals surface area contributed by atoms with Crippen LogP contribution in [0.1, 0.15) is 139 Å². The largest absolute Gasteiger partial charge is 0.741 e. The van der Waals surface area contributed by atoms with Gasteiger partial charge in [0.25, 0.3) is 0 Å². The van der Waals surface area contributed by atoms with Crippen molar-refractivity contribution < 1.29 is 187 Å². The second-order valence-electron chi connectivity index (χ2n) is 31.6. The number of benzene rings is 8. The number of aromatic nitrogens is 2. The Balaban J connectivity index is 0.00000137. The van der Waals surface area contributed by atoms with E-state index in [9.17, 15) is 76.7 Å². The average Bonchev–Trinajstić information content (AvgIpc) is 0.789. The molecule has 0 atom stereocenters. The zero-order valence-corrected chi connectivity index (χ0v) is 87.5. The van der Waals surface area contributed by atoms with E-state index in [1.807, 2.05) is 27.7 Å². The molecule has 8 aromatic carbocycles. The summed E-state index contributed by atoms with van der Waals surface area (Å²) < 4.78 is 250. The molecule has 0 N–H and O–H groups in total. The Morgan fingerprint density at radius 2 is 0.541 bits per heavy atom. The van der Waals surface area contributed by atoms with E-state index in [1.165, 1.54) is 61.9 Å². The molecule has 37 heteroatoms. The summed E-state index contributed by atoms with van der Waals surface area (Å²) in [4.78, 5) is 8.56. The Labute approximate surface area is 773 Å². The van der Waals surface area contributed by atoms with E-state index in [0.717, 1.165) is 22.8 Å². The van der Waals surface area contributed by atoms with E-state index < -0.39 is 54.9 Å². The first kappa shape index (κ1) is 118. The first-order valence-corrected chi connectivity index (χ1v) is 56.1. The Bertz CT molecular complexity index is 4670. The molecule has 0 fully saturated rings. The smallest absolute Gasteiger partial charge is 0.485 e. The Kier molecular flexibility index (Phi) is 44.8. The summed E-state index contributed by atoms with van der Waals surface area (Å²) in [6.07, 6.45) is 0. The molecule has 0 saturated heterocycles. The first-order valence-electron chi connectivity index (χ1n) is 36.0. The number of halogens is 24. The van der Waals surface area contributed by atoms with Crippen molar-refractivity contribution in [1.82, 2.24) is 9.97 Å². The quantitative estimate of drug-likeness (QED) is 0.0347. The van der Waals surface area contributed by atoms with Crippen LogP contribution in [0.3, 0.4) is 0 Å². The fourth-order valence-electron chi connectivity index (χ4n) is 9.18. The molecule has 10 aromatic rings. The van der Waals surface area contributed by atoms with Crippen molar-refractivity contribution in [3.05, 3.63) is 319 Å². The van der Waals surface area contributed by atoms with Gasteiger partial charge in [-0.3, -0.25) is 9.97 Å². The van der Waals surface area contributed by atoms with Crippen LogP contribution in [-0.2, 0) is 41.9 Å². The van der Waals surface area contributed by atoms with E-state index in [4.69, 9.17) is 25.9 Å². The minimum atomic E-state index is -10.7. The van der Waals surface area contributed by atoms with Gasteiger partial charge in [-0.2, -0.15) is 26.3 Å². The Morgan fingerprint density at radius 1 is 0.336 bits per heavy atom. The monoisotopic (exact) mass is 2460 g/mol. The Hall–Kier alpha value is -4.17. The molecule has 0 spiro atoms. The van der Waals surface area contributed by atoms with Crippen molar-refractivity contribution in [2.75, 3.05) is 0 Å². The third-order valence-electron chi connectivity index (χ3n) is 14.8. The summed E-state index contributed by atoms with van der Waals surface area (Å²) in [5.74, 6) is 0. The van der Waals surface area contributed by atoms with E-state index in [-0.39, 0.29) is 123 Å². The maximum Gasteiger partial charge on any atom is 0.485 e. The predicted molar refractivity (Wildman–Crippen MR) is 457 cm³/mol. The van der Waals surface area contributed by atoms with Crippen LogP contribution in [0.5, 0.6) is 0 Å². The topological polar surface area (TPSA) is 140 Å². The van der Waals surface area contributed by atoms with E-state index >= 15 is 0 Å². The van der Waals surface area contributed by atoms with Gasteiger partial charge in [-0.1, -0.05) is 224 Å². The zero-order valence-electron chi connectivity index (χ0n) is 70.6. The number of alkyl halides is 6. The normalized spacial score (nSPS) is 13.0. The molecule has 0 aliphatic heterocycles. The van der Waals surface area contributed by atoms with Gasteiger partial charge < -0.3 is 9.11 Å². The number of nitrogens with zero attached hydrogens (tertiary/aromatic N) is 2. The molecule has 0 amide bonds. The first-order chi connectivity index (χ1) is 54.0. The van der Waals surface area contributed by atoms with Crippen LogP contribution in [0.15, 0.2) is 231 Å². The molecule has 682 valence electrons. The van der Waals surface area contributed by atoms with Gasteiger partial charge in [0.15, 0.2) is 48.8 Å². The second-order valence-corrected chi connectivity index (χ2v) is 56.4. The molecule has 0 saturated carbocycles. The van der Waals surface area contributed by atoms with Crippen LogP contribution in [0.25, 0.3) is 0 Å². The number of rotatable bonds is 9. The van der Waals surface area contributed by atoms with Gasteiger partial charge in [0, 0.05) is 20.7 Å². The summed E-state index contributed by atoms with van der Waals surface area (Å²) in [6, 6.07) is 84.4. The molecule has 0 aliphatic carbocycles. The molecule has 0 aliphatic rings. The zero-order chi connectivity index (χ0) is 94.0.